The van der Waals surface area contributed by atoms with Gasteiger partial charge in [0.1, 0.15) is 18.2 Å². The number of carbonyl (C=O) groups excluding carboxylic acids is 1. The zero-order chi connectivity index (χ0) is 24.6. The zero-order valence-electron chi connectivity index (χ0n) is 20.3. The molecule has 0 bridgehead atoms. The molecule has 1 aliphatic rings. The lowest BCUT2D eigenvalue weighted by Crippen LogP contribution is -2.48. The van der Waals surface area contributed by atoms with Crippen molar-refractivity contribution in [2.24, 2.45) is 0 Å². The molecule has 0 aliphatic carbocycles. The fourth-order valence-corrected chi connectivity index (χ4v) is 4.19. The van der Waals surface area contributed by atoms with Crippen molar-refractivity contribution in [3.05, 3.63) is 82.9 Å². The lowest BCUT2D eigenvalue weighted by atomic mass is 10.1. The van der Waals surface area contributed by atoms with Crippen LogP contribution in [0.2, 0.25) is 0 Å². The number of ether oxygens (including phenoxy) is 2. The van der Waals surface area contributed by atoms with E-state index in [1.165, 1.54) is 0 Å². The molecule has 0 atom stereocenters. The summed E-state index contributed by atoms with van der Waals surface area (Å²) in [6.07, 6.45) is 1.63. The van der Waals surface area contributed by atoms with Gasteiger partial charge in [-0.25, -0.2) is 9.78 Å². The third-order valence-electron chi connectivity index (χ3n) is 6.20. The predicted octanol–water partition coefficient (Wildman–Crippen LogP) is 3.96. The van der Waals surface area contributed by atoms with E-state index in [0.717, 1.165) is 48.0 Å². The minimum atomic E-state index is -0.294. The normalized spacial score (nSPS) is 13.9. The largest absolute Gasteiger partial charge is 0.493 e. The van der Waals surface area contributed by atoms with Gasteiger partial charge in [0.2, 0.25) is 0 Å². The van der Waals surface area contributed by atoms with Crippen LogP contribution in [0.25, 0.3) is 0 Å². The molecule has 0 spiro atoms. The molecule has 1 fully saturated rings. The molecule has 4 rings (SSSR count). The van der Waals surface area contributed by atoms with Crippen LogP contribution in [0.3, 0.4) is 0 Å². The molecule has 0 saturated carbocycles. The molecule has 1 amide bonds. The van der Waals surface area contributed by atoms with Crippen LogP contribution in [0.4, 0.5) is 4.79 Å². The monoisotopic (exact) mass is 473 g/mol. The summed E-state index contributed by atoms with van der Waals surface area (Å²) in [4.78, 5) is 21.2. The average molecular weight is 474 g/mol. The molecule has 1 aliphatic heterocycles. The highest BCUT2D eigenvalue weighted by molar-refractivity contribution is 5.67. The minimum Gasteiger partial charge on any atom is -0.493 e. The summed E-state index contributed by atoms with van der Waals surface area (Å²) in [6, 6.07) is 17.4. The molecule has 0 unspecified atom stereocenters. The Hall–Kier alpha value is -3.83. The van der Waals surface area contributed by atoms with Gasteiger partial charge in [0.15, 0.2) is 0 Å². The zero-order valence-corrected chi connectivity index (χ0v) is 20.3. The molecule has 1 saturated heterocycles. The molecule has 2 aromatic carbocycles. The van der Waals surface area contributed by atoms with Crippen molar-refractivity contribution in [1.82, 2.24) is 19.4 Å². The standard InChI is InChI=1S/C27H31N5O3/c1-3-34-26-7-5-4-6-24(26)20-35-27(33)31-14-12-30(13-15-31)19-25-17-29-21(2)32(25)18-23-10-8-22(16-28)9-11-23/h4-11,17H,3,12-15,18-20H2,1-2H3. The average Bonchev–Trinajstić information content (AvgIpc) is 3.23. The van der Waals surface area contributed by atoms with E-state index in [-0.39, 0.29) is 12.7 Å². The number of benzene rings is 2. The third-order valence-corrected chi connectivity index (χ3v) is 6.20. The van der Waals surface area contributed by atoms with Crippen LogP contribution in [-0.2, 0) is 24.4 Å². The van der Waals surface area contributed by atoms with Crippen molar-refractivity contribution >= 4 is 6.09 Å². The maximum absolute atomic E-state index is 12.6. The van der Waals surface area contributed by atoms with Crippen LogP contribution in [0.5, 0.6) is 5.75 Å². The first-order valence-corrected chi connectivity index (χ1v) is 11.9. The van der Waals surface area contributed by atoms with Crippen molar-refractivity contribution in [3.8, 4) is 11.8 Å². The van der Waals surface area contributed by atoms with E-state index in [1.807, 2.05) is 68.6 Å². The van der Waals surface area contributed by atoms with E-state index in [2.05, 4.69) is 20.5 Å². The molecule has 182 valence electrons. The van der Waals surface area contributed by atoms with E-state index in [4.69, 9.17) is 14.7 Å². The Balaban J connectivity index is 1.29. The Morgan fingerprint density at radius 3 is 2.51 bits per heavy atom. The van der Waals surface area contributed by atoms with Crippen molar-refractivity contribution in [2.45, 2.75) is 33.5 Å². The highest BCUT2D eigenvalue weighted by Crippen LogP contribution is 2.20. The highest BCUT2D eigenvalue weighted by Gasteiger charge is 2.23. The van der Waals surface area contributed by atoms with Crippen molar-refractivity contribution in [2.75, 3.05) is 32.8 Å². The fourth-order valence-electron chi connectivity index (χ4n) is 4.19. The number of aromatic nitrogens is 2. The molecular formula is C27H31N5O3. The van der Waals surface area contributed by atoms with Crippen LogP contribution in [-0.4, -0.2) is 58.2 Å². The lowest BCUT2D eigenvalue weighted by molar-refractivity contribution is 0.0690. The summed E-state index contributed by atoms with van der Waals surface area (Å²) >= 11 is 0. The maximum Gasteiger partial charge on any atom is 0.410 e. The lowest BCUT2D eigenvalue weighted by Gasteiger charge is -2.34. The maximum atomic E-state index is 12.6. The minimum absolute atomic E-state index is 0.197. The number of aryl methyl sites for hydroxylation is 1. The summed E-state index contributed by atoms with van der Waals surface area (Å²) in [5, 5.41) is 9.01. The number of nitriles is 1. The topological polar surface area (TPSA) is 83.6 Å². The van der Waals surface area contributed by atoms with Crippen molar-refractivity contribution in [1.29, 1.82) is 5.26 Å². The Kier molecular flexibility index (Phi) is 8.01. The number of amides is 1. The second-order valence-electron chi connectivity index (χ2n) is 8.55. The summed E-state index contributed by atoms with van der Waals surface area (Å²) in [5.41, 5.74) is 3.79. The van der Waals surface area contributed by atoms with Gasteiger partial charge in [-0.05, 0) is 37.6 Å². The van der Waals surface area contributed by atoms with E-state index in [0.29, 0.717) is 31.8 Å². The smallest absolute Gasteiger partial charge is 0.410 e. The summed E-state index contributed by atoms with van der Waals surface area (Å²) < 4.78 is 13.4. The number of piperazine rings is 1. The summed E-state index contributed by atoms with van der Waals surface area (Å²) in [7, 11) is 0. The van der Waals surface area contributed by atoms with Crippen LogP contribution in [0.1, 0.15) is 35.1 Å². The third kappa shape index (κ3) is 6.19. The molecule has 0 N–H and O–H groups in total. The van der Waals surface area contributed by atoms with E-state index >= 15 is 0 Å². The van der Waals surface area contributed by atoms with Gasteiger partial charge in [-0.3, -0.25) is 4.90 Å². The molecule has 8 heteroatoms. The van der Waals surface area contributed by atoms with Crippen LogP contribution in [0.15, 0.2) is 54.7 Å². The Morgan fingerprint density at radius 1 is 1.06 bits per heavy atom. The molecule has 3 aromatic rings. The van der Waals surface area contributed by atoms with E-state index in [9.17, 15) is 4.79 Å². The first kappa shape index (κ1) is 24.3. The van der Waals surface area contributed by atoms with E-state index in [1.54, 1.807) is 4.90 Å². The Labute approximate surface area is 206 Å². The van der Waals surface area contributed by atoms with Crippen LogP contribution >= 0.6 is 0 Å². The fraction of sp³-hybridized carbons (Fsp3) is 0.370. The van der Waals surface area contributed by atoms with E-state index < -0.39 is 0 Å². The number of hydrogen-bond acceptors (Lipinski definition) is 6. The number of para-hydroxylation sites is 1. The number of rotatable bonds is 8. The SMILES string of the molecule is CCOc1ccccc1COC(=O)N1CCN(Cc2cnc(C)n2Cc2ccc(C#N)cc2)CC1. The summed E-state index contributed by atoms with van der Waals surface area (Å²) in [6.45, 7) is 8.96. The van der Waals surface area contributed by atoms with Gasteiger partial charge < -0.3 is 18.9 Å². The van der Waals surface area contributed by atoms with Crippen molar-refractivity contribution in [3.63, 3.8) is 0 Å². The van der Waals surface area contributed by atoms with Gasteiger partial charge in [0.05, 0.1) is 23.9 Å². The number of hydrogen-bond donors (Lipinski definition) is 0. The van der Waals surface area contributed by atoms with Crippen LogP contribution < -0.4 is 4.74 Å². The molecule has 1 aromatic heterocycles. The van der Waals surface area contributed by atoms with Gasteiger partial charge in [0, 0.05) is 51.0 Å². The number of nitrogens with zero attached hydrogens (tertiary/aromatic N) is 5. The second-order valence-corrected chi connectivity index (χ2v) is 8.55. The Bertz CT molecular complexity index is 1170. The number of carbonyl (C=O) groups is 1. The van der Waals surface area contributed by atoms with Gasteiger partial charge in [-0.15, -0.1) is 0 Å². The Morgan fingerprint density at radius 2 is 1.80 bits per heavy atom. The first-order valence-electron chi connectivity index (χ1n) is 11.9. The molecule has 0 radical (unpaired) electrons. The molecule has 2 heterocycles. The van der Waals surface area contributed by atoms with Crippen LogP contribution in [0, 0.1) is 18.3 Å². The van der Waals surface area contributed by atoms with Gasteiger partial charge in [0.25, 0.3) is 0 Å². The van der Waals surface area contributed by atoms with Gasteiger partial charge in [-0.1, -0.05) is 30.3 Å². The quantitative estimate of drug-likeness (QED) is 0.492. The molecular weight excluding hydrogens is 442 g/mol. The van der Waals surface area contributed by atoms with Crippen molar-refractivity contribution < 1.29 is 14.3 Å². The molecule has 35 heavy (non-hydrogen) atoms. The first-order chi connectivity index (χ1) is 17.1. The molecule has 8 nitrogen and oxygen atoms in total. The highest BCUT2D eigenvalue weighted by atomic mass is 16.6. The number of imidazole rings is 1. The van der Waals surface area contributed by atoms with Gasteiger partial charge >= 0.3 is 6.09 Å². The summed E-state index contributed by atoms with van der Waals surface area (Å²) in [5.74, 6) is 1.71. The predicted molar refractivity (Wildman–Crippen MR) is 132 cm³/mol. The second kappa shape index (κ2) is 11.5. The van der Waals surface area contributed by atoms with Gasteiger partial charge in [-0.2, -0.15) is 5.26 Å².